The fourth-order valence-electron chi connectivity index (χ4n) is 5.64. The maximum absolute atomic E-state index is 3.64. The van der Waals surface area contributed by atoms with Crippen LogP contribution in [0.5, 0.6) is 0 Å². The highest BCUT2D eigenvalue weighted by atomic mass is 15.2. The minimum absolute atomic E-state index is 0.717. The van der Waals surface area contributed by atoms with E-state index in [4.69, 9.17) is 0 Å². The second-order valence-corrected chi connectivity index (χ2v) is 8.03. The highest BCUT2D eigenvalue weighted by molar-refractivity contribution is 4.96. The van der Waals surface area contributed by atoms with Gasteiger partial charge in [0.1, 0.15) is 0 Å². The van der Waals surface area contributed by atoms with E-state index < -0.39 is 0 Å². The van der Waals surface area contributed by atoms with Crippen molar-refractivity contribution >= 4 is 0 Å². The molecule has 20 heavy (non-hydrogen) atoms. The number of rotatable bonds is 2. The number of hydrogen-bond donors (Lipinski definition) is 1. The lowest BCUT2D eigenvalue weighted by Gasteiger charge is -2.50. The molecule has 6 unspecified atom stereocenters. The average Bonchev–Trinajstić information content (AvgIpc) is 2.46. The zero-order valence-corrected chi connectivity index (χ0v) is 13.8. The molecule has 0 radical (unpaired) electrons. The first-order chi connectivity index (χ1) is 9.69. The fourth-order valence-corrected chi connectivity index (χ4v) is 5.64. The van der Waals surface area contributed by atoms with E-state index in [1.807, 2.05) is 0 Å². The summed E-state index contributed by atoms with van der Waals surface area (Å²) in [5.74, 6) is 3.83. The Bertz CT molecular complexity index is 317. The van der Waals surface area contributed by atoms with Gasteiger partial charge in [0.25, 0.3) is 0 Å². The van der Waals surface area contributed by atoms with Crippen LogP contribution in [-0.2, 0) is 0 Å². The molecule has 3 fully saturated rings. The Hall–Kier alpha value is -0.0800. The van der Waals surface area contributed by atoms with E-state index >= 15 is 0 Å². The molecule has 2 saturated carbocycles. The van der Waals surface area contributed by atoms with Crippen molar-refractivity contribution in [3.8, 4) is 0 Å². The molecule has 2 aliphatic carbocycles. The van der Waals surface area contributed by atoms with E-state index in [1.165, 1.54) is 58.0 Å². The van der Waals surface area contributed by atoms with Crippen molar-refractivity contribution in [3.05, 3.63) is 0 Å². The summed E-state index contributed by atoms with van der Waals surface area (Å²) in [4.78, 5) is 2.88. The lowest BCUT2D eigenvalue weighted by molar-refractivity contribution is 0.00254. The average molecular weight is 278 g/mol. The Labute approximate surface area is 125 Å². The molecule has 1 aliphatic heterocycles. The normalized spacial score (nSPS) is 47.0. The number of nitrogens with zero attached hydrogens (tertiary/aromatic N) is 1. The monoisotopic (exact) mass is 278 g/mol. The molecule has 0 amide bonds. The van der Waals surface area contributed by atoms with Gasteiger partial charge in [0, 0.05) is 18.6 Å². The Kier molecular flexibility index (Phi) is 4.72. The predicted molar refractivity (Wildman–Crippen MR) is 85.8 cm³/mol. The van der Waals surface area contributed by atoms with Gasteiger partial charge in [0.2, 0.25) is 0 Å². The van der Waals surface area contributed by atoms with Crippen LogP contribution in [-0.4, -0.2) is 37.1 Å². The van der Waals surface area contributed by atoms with Crippen molar-refractivity contribution in [2.75, 3.05) is 20.1 Å². The number of likely N-dealkylation sites (tertiary alicyclic amines) is 1. The molecule has 2 nitrogen and oxygen atoms in total. The molecule has 0 aromatic carbocycles. The topological polar surface area (TPSA) is 15.3 Å². The summed E-state index contributed by atoms with van der Waals surface area (Å²) in [7, 11) is 2.18. The van der Waals surface area contributed by atoms with Crippen molar-refractivity contribution in [2.24, 2.45) is 23.7 Å². The van der Waals surface area contributed by atoms with Crippen LogP contribution in [0.4, 0.5) is 0 Å². The third kappa shape index (κ3) is 2.92. The Morgan fingerprint density at radius 2 is 1.70 bits per heavy atom. The minimum atomic E-state index is 0.717. The highest BCUT2D eigenvalue weighted by Crippen LogP contribution is 2.40. The van der Waals surface area contributed by atoms with Crippen molar-refractivity contribution < 1.29 is 0 Å². The van der Waals surface area contributed by atoms with E-state index in [9.17, 15) is 0 Å². The van der Waals surface area contributed by atoms with Gasteiger partial charge in [0.05, 0.1) is 0 Å². The molecule has 1 N–H and O–H groups in total. The van der Waals surface area contributed by atoms with E-state index in [1.54, 1.807) is 0 Å². The van der Waals surface area contributed by atoms with Gasteiger partial charge in [-0.25, -0.2) is 0 Å². The van der Waals surface area contributed by atoms with Crippen molar-refractivity contribution in [2.45, 2.75) is 70.9 Å². The van der Waals surface area contributed by atoms with Gasteiger partial charge in [-0.05, 0) is 62.9 Å². The second-order valence-electron chi connectivity index (χ2n) is 8.03. The van der Waals surface area contributed by atoms with Crippen molar-refractivity contribution in [1.29, 1.82) is 0 Å². The summed E-state index contributed by atoms with van der Waals surface area (Å²) < 4.78 is 0. The quantitative estimate of drug-likeness (QED) is 0.831. The molecular weight excluding hydrogens is 244 g/mol. The van der Waals surface area contributed by atoms with Gasteiger partial charge in [-0.1, -0.05) is 33.1 Å². The zero-order chi connectivity index (χ0) is 14.1. The smallest absolute Gasteiger partial charge is 0.0275 e. The third-order valence-corrected chi connectivity index (χ3v) is 6.54. The number of fused-ring (bicyclic) bond motifs is 1. The van der Waals surface area contributed by atoms with Gasteiger partial charge in [-0.15, -0.1) is 0 Å². The first kappa shape index (κ1) is 14.8. The summed E-state index contributed by atoms with van der Waals surface area (Å²) in [6, 6.07) is 1.51. The third-order valence-electron chi connectivity index (χ3n) is 6.54. The van der Waals surface area contributed by atoms with Crippen LogP contribution in [0.1, 0.15) is 58.8 Å². The van der Waals surface area contributed by atoms with E-state index in [0.29, 0.717) is 6.04 Å². The molecule has 1 saturated heterocycles. The molecule has 0 spiro atoms. The Morgan fingerprint density at radius 1 is 0.950 bits per heavy atom. The number of piperidine rings is 1. The van der Waals surface area contributed by atoms with Gasteiger partial charge in [-0.3, -0.25) is 4.90 Å². The molecular formula is C18H34N2. The fraction of sp³-hybridized carbons (Fsp3) is 1.00. The van der Waals surface area contributed by atoms with E-state index in [-0.39, 0.29) is 0 Å². The summed E-state index contributed by atoms with van der Waals surface area (Å²) in [6.07, 6.45) is 10.3. The molecule has 2 heteroatoms. The van der Waals surface area contributed by atoms with Crippen LogP contribution in [0.25, 0.3) is 0 Å². The van der Waals surface area contributed by atoms with Crippen LogP contribution in [0, 0.1) is 23.7 Å². The number of hydrogen-bond acceptors (Lipinski definition) is 2. The SMILES string of the molecule is CNC1CC(C)CC(C)C1N1CCC2CCCCC2C1. The largest absolute Gasteiger partial charge is 0.315 e. The predicted octanol–water partition coefficient (Wildman–Crippen LogP) is 3.52. The molecule has 1 heterocycles. The van der Waals surface area contributed by atoms with Gasteiger partial charge in [-0.2, -0.15) is 0 Å². The van der Waals surface area contributed by atoms with Crippen molar-refractivity contribution in [3.63, 3.8) is 0 Å². The zero-order valence-electron chi connectivity index (χ0n) is 13.8. The molecule has 6 atom stereocenters. The molecule has 3 rings (SSSR count). The van der Waals surface area contributed by atoms with E-state index in [2.05, 4.69) is 31.1 Å². The lowest BCUT2D eigenvalue weighted by Crippen LogP contribution is -2.59. The van der Waals surface area contributed by atoms with Crippen molar-refractivity contribution in [1.82, 2.24) is 10.2 Å². The second kappa shape index (κ2) is 6.36. The molecule has 0 aromatic heterocycles. The summed E-state index contributed by atoms with van der Waals surface area (Å²) >= 11 is 0. The molecule has 116 valence electrons. The lowest BCUT2D eigenvalue weighted by atomic mass is 9.71. The van der Waals surface area contributed by atoms with Crippen LogP contribution < -0.4 is 5.32 Å². The summed E-state index contributed by atoms with van der Waals surface area (Å²) in [6.45, 7) is 7.69. The van der Waals surface area contributed by atoms with Gasteiger partial charge < -0.3 is 5.32 Å². The van der Waals surface area contributed by atoms with E-state index in [0.717, 1.165) is 29.7 Å². The Balaban J connectivity index is 1.67. The molecule has 0 bridgehead atoms. The summed E-state index contributed by atoms with van der Waals surface area (Å²) in [5.41, 5.74) is 0. The number of likely N-dealkylation sites (N-methyl/N-ethyl adjacent to an activating group) is 1. The number of nitrogens with one attached hydrogen (secondary N) is 1. The molecule has 3 aliphatic rings. The van der Waals surface area contributed by atoms with Crippen LogP contribution in [0.3, 0.4) is 0 Å². The molecule has 0 aromatic rings. The minimum Gasteiger partial charge on any atom is -0.315 e. The van der Waals surface area contributed by atoms with Crippen LogP contribution >= 0.6 is 0 Å². The first-order valence-corrected chi connectivity index (χ1v) is 9.10. The van der Waals surface area contributed by atoms with Crippen LogP contribution in [0.15, 0.2) is 0 Å². The van der Waals surface area contributed by atoms with Gasteiger partial charge >= 0.3 is 0 Å². The maximum atomic E-state index is 3.64. The Morgan fingerprint density at radius 3 is 2.45 bits per heavy atom. The highest BCUT2D eigenvalue weighted by Gasteiger charge is 2.40. The maximum Gasteiger partial charge on any atom is 0.0275 e. The summed E-state index contributed by atoms with van der Waals surface area (Å²) in [5, 5.41) is 3.64. The van der Waals surface area contributed by atoms with Gasteiger partial charge in [0.15, 0.2) is 0 Å². The first-order valence-electron chi connectivity index (χ1n) is 9.10. The standard InChI is InChI=1S/C18H34N2/c1-13-10-14(2)18(17(11-13)19-3)20-9-8-15-6-4-5-7-16(15)12-20/h13-19H,4-12H2,1-3H3. The van der Waals surface area contributed by atoms with Crippen LogP contribution in [0.2, 0.25) is 0 Å².